The van der Waals surface area contributed by atoms with Gasteiger partial charge >= 0.3 is 0 Å². The number of carbonyl (C=O) groups is 1. The first-order valence-corrected chi connectivity index (χ1v) is 7.98. The Balaban J connectivity index is 2.34. The number of Topliss-reactive ketones (excluding diaryl/α,β-unsaturated/α-hetero) is 1. The summed E-state index contributed by atoms with van der Waals surface area (Å²) in [7, 11) is -2.05. The highest BCUT2D eigenvalue weighted by molar-refractivity contribution is 7.89. The minimum absolute atomic E-state index is 0.120. The molecule has 0 bridgehead atoms. The molecule has 1 saturated heterocycles. The Morgan fingerprint density at radius 1 is 1.40 bits per heavy atom. The molecule has 0 aromatic heterocycles. The van der Waals surface area contributed by atoms with Crippen molar-refractivity contribution in [3.8, 4) is 0 Å². The summed E-state index contributed by atoms with van der Waals surface area (Å²) in [5.74, 6) is -0.151. The quantitative estimate of drug-likeness (QED) is 0.793. The molecule has 0 saturated carbocycles. The first-order valence-electron chi connectivity index (χ1n) is 6.54. The van der Waals surface area contributed by atoms with Crippen molar-refractivity contribution >= 4 is 15.8 Å². The topological polar surface area (TPSA) is 63.7 Å². The van der Waals surface area contributed by atoms with Crippen LogP contribution >= 0.6 is 0 Å². The zero-order valence-electron chi connectivity index (χ0n) is 11.9. The molecule has 6 heteroatoms. The van der Waals surface area contributed by atoms with Crippen molar-refractivity contribution in [2.24, 2.45) is 0 Å². The highest BCUT2D eigenvalue weighted by Gasteiger charge is 2.35. The Hall–Kier alpha value is -1.24. The minimum atomic E-state index is -3.61. The Morgan fingerprint density at radius 3 is 2.65 bits per heavy atom. The van der Waals surface area contributed by atoms with Crippen molar-refractivity contribution in [3.05, 3.63) is 29.8 Å². The molecule has 1 fully saturated rings. The van der Waals surface area contributed by atoms with E-state index >= 15 is 0 Å². The molecule has 20 heavy (non-hydrogen) atoms. The normalized spacial score (nSPS) is 23.2. The molecule has 0 N–H and O–H groups in total. The molecular formula is C14H19NO4S. The lowest BCUT2D eigenvalue weighted by molar-refractivity contribution is 0.101. The van der Waals surface area contributed by atoms with Gasteiger partial charge in [0.25, 0.3) is 0 Å². The number of ketones is 1. The maximum Gasteiger partial charge on any atom is 0.243 e. The molecule has 2 atom stereocenters. The molecule has 1 aromatic carbocycles. The first-order chi connectivity index (χ1) is 9.34. The molecular weight excluding hydrogens is 278 g/mol. The number of ether oxygens (including phenoxy) is 1. The maximum absolute atomic E-state index is 12.6. The zero-order valence-corrected chi connectivity index (χ0v) is 12.7. The van der Waals surface area contributed by atoms with E-state index in [1.54, 1.807) is 19.2 Å². The second-order valence-corrected chi connectivity index (χ2v) is 7.03. The van der Waals surface area contributed by atoms with Gasteiger partial charge in [-0.3, -0.25) is 4.79 Å². The summed E-state index contributed by atoms with van der Waals surface area (Å²) in [6, 6.07) is 5.98. The number of nitrogens with zero attached hydrogens (tertiary/aromatic N) is 1. The van der Waals surface area contributed by atoms with Crippen LogP contribution < -0.4 is 0 Å². The number of likely N-dealkylation sites (N-methyl/N-ethyl adjacent to an activating group) is 1. The summed E-state index contributed by atoms with van der Waals surface area (Å²) < 4.78 is 32.0. The van der Waals surface area contributed by atoms with E-state index in [0.29, 0.717) is 18.6 Å². The van der Waals surface area contributed by atoms with Gasteiger partial charge in [-0.2, -0.15) is 4.31 Å². The fraction of sp³-hybridized carbons (Fsp3) is 0.500. The zero-order chi connectivity index (χ0) is 14.9. The third-order valence-electron chi connectivity index (χ3n) is 3.72. The lowest BCUT2D eigenvalue weighted by Gasteiger charge is -2.26. The molecule has 1 aliphatic heterocycles. The van der Waals surface area contributed by atoms with Crippen molar-refractivity contribution in [1.29, 1.82) is 0 Å². The van der Waals surface area contributed by atoms with E-state index in [0.717, 1.165) is 0 Å². The van der Waals surface area contributed by atoms with Crippen LogP contribution in [0.1, 0.15) is 30.6 Å². The van der Waals surface area contributed by atoms with Gasteiger partial charge in [-0.25, -0.2) is 8.42 Å². The van der Waals surface area contributed by atoms with E-state index < -0.39 is 10.0 Å². The fourth-order valence-corrected chi connectivity index (χ4v) is 3.91. The van der Waals surface area contributed by atoms with Crippen LogP contribution in [0.3, 0.4) is 0 Å². The average Bonchev–Trinajstić information content (AvgIpc) is 2.84. The number of hydrogen-bond donors (Lipinski definition) is 0. The van der Waals surface area contributed by atoms with Crippen LogP contribution in [0.2, 0.25) is 0 Å². The maximum atomic E-state index is 12.6. The Morgan fingerprint density at radius 2 is 2.10 bits per heavy atom. The molecule has 0 spiro atoms. The van der Waals surface area contributed by atoms with Gasteiger partial charge in [0.1, 0.15) is 0 Å². The lowest BCUT2D eigenvalue weighted by Crippen LogP contribution is -2.40. The van der Waals surface area contributed by atoms with Crippen LogP contribution in [0.15, 0.2) is 29.2 Å². The number of sulfonamides is 1. The molecule has 110 valence electrons. The number of hydrogen-bond acceptors (Lipinski definition) is 4. The number of carbonyl (C=O) groups excluding carboxylic acids is 1. The molecule has 1 aromatic rings. The van der Waals surface area contributed by atoms with Crippen molar-refractivity contribution in [2.75, 3.05) is 13.7 Å². The largest absolute Gasteiger partial charge is 0.377 e. The molecule has 1 aliphatic rings. The smallest absolute Gasteiger partial charge is 0.243 e. The van der Waals surface area contributed by atoms with E-state index in [9.17, 15) is 13.2 Å². The molecule has 5 nitrogen and oxygen atoms in total. The van der Waals surface area contributed by atoms with Crippen LogP contribution in [-0.4, -0.2) is 44.3 Å². The summed E-state index contributed by atoms with van der Waals surface area (Å²) in [5.41, 5.74) is 0.398. The average molecular weight is 297 g/mol. The monoisotopic (exact) mass is 297 g/mol. The molecule has 2 unspecified atom stereocenters. The fourth-order valence-electron chi connectivity index (χ4n) is 2.42. The van der Waals surface area contributed by atoms with Gasteiger partial charge in [0.05, 0.1) is 17.0 Å². The first kappa shape index (κ1) is 15.2. The van der Waals surface area contributed by atoms with Crippen molar-refractivity contribution < 1.29 is 17.9 Å². The van der Waals surface area contributed by atoms with Crippen LogP contribution in [0.25, 0.3) is 0 Å². The lowest BCUT2D eigenvalue weighted by atomic mass is 10.2. The molecule has 0 aliphatic carbocycles. The van der Waals surface area contributed by atoms with Crippen LogP contribution in [0, 0.1) is 0 Å². The molecule has 1 heterocycles. The van der Waals surface area contributed by atoms with Crippen LogP contribution in [-0.2, 0) is 14.8 Å². The SMILES string of the molecule is CC(=O)c1cccc(S(=O)(=O)N(C)C2CCOC2C)c1. The Labute approximate surface area is 119 Å². The van der Waals surface area contributed by atoms with Gasteiger partial charge in [0, 0.05) is 19.2 Å². The third-order valence-corrected chi connectivity index (χ3v) is 5.60. The molecule has 0 amide bonds. The predicted molar refractivity (Wildman–Crippen MR) is 75.2 cm³/mol. The van der Waals surface area contributed by atoms with E-state index in [2.05, 4.69) is 0 Å². The number of benzene rings is 1. The van der Waals surface area contributed by atoms with Gasteiger partial charge in [-0.15, -0.1) is 0 Å². The van der Waals surface area contributed by atoms with Gasteiger partial charge in [-0.05, 0) is 32.4 Å². The van der Waals surface area contributed by atoms with Gasteiger partial charge < -0.3 is 4.74 Å². The highest BCUT2D eigenvalue weighted by Crippen LogP contribution is 2.25. The van der Waals surface area contributed by atoms with Gasteiger partial charge in [0.15, 0.2) is 5.78 Å². The second-order valence-electron chi connectivity index (χ2n) is 5.04. The van der Waals surface area contributed by atoms with Crippen molar-refractivity contribution in [1.82, 2.24) is 4.31 Å². The summed E-state index contributed by atoms with van der Waals surface area (Å²) in [6.45, 7) is 3.86. The summed E-state index contributed by atoms with van der Waals surface area (Å²) >= 11 is 0. The predicted octanol–water partition coefficient (Wildman–Crippen LogP) is 1.69. The Bertz CT molecular complexity index is 611. The van der Waals surface area contributed by atoms with E-state index in [4.69, 9.17) is 4.74 Å². The highest BCUT2D eigenvalue weighted by atomic mass is 32.2. The summed E-state index contributed by atoms with van der Waals surface area (Å²) in [5, 5.41) is 0. The van der Waals surface area contributed by atoms with Crippen LogP contribution in [0.5, 0.6) is 0 Å². The van der Waals surface area contributed by atoms with Crippen molar-refractivity contribution in [3.63, 3.8) is 0 Å². The van der Waals surface area contributed by atoms with E-state index in [-0.39, 0.29) is 22.8 Å². The number of rotatable bonds is 4. The van der Waals surface area contributed by atoms with Crippen molar-refractivity contribution in [2.45, 2.75) is 37.3 Å². The van der Waals surface area contributed by atoms with E-state index in [1.165, 1.54) is 23.4 Å². The van der Waals surface area contributed by atoms with Crippen LogP contribution in [0.4, 0.5) is 0 Å². The molecule has 2 rings (SSSR count). The summed E-state index contributed by atoms with van der Waals surface area (Å²) in [4.78, 5) is 11.5. The summed E-state index contributed by atoms with van der Waals surface area (Å²) in [6.07, 6.45) is 0.564. The standard InChI is InChI=1S/C14H19NO4S/c1-10(16)12-5-4-6-13(9-12)20(17,18)15(3)14-7-8-19-11(14)2/h4-6,9,11,14H,7-8H2,1-3H3. The van der Waals surface area contributed by atoms with Gasteiger partial charge in [-0.1, -0.05) is 12.1 Å². The third kappa shape index (κ3) is 2.77. The minimum Gasteiger partial charge on any atom is -0.377 e. The Kier molecular flexibility index (Phi) is 4.27. The van der Waals surface area contributed by atoms with Gasteiger partial charge in [0.2, 0.25) is 10.0 Å². The van der Waals surface area contributed by atoms with E-state index in [1.807, 2.05) is 6.92 Å². The molecule has 0 radical (unpaired) electrons. The second kappa shape index (κ2) is 5.63.